The van der Waals surface area contributed by atoms with Crippen LogP contribution in [0.15, 0.2) is 24.3 Å². The lowest BCUT2D eigenvalue weighted by Crippen LogP contribution is -2.05. The Balaban J connectivity index is 2.34. The summed E-state index contributed by atoms with van der Waals surface area (Å²) >= 11 is 0. The van der Waals surface area contributed by atoms with E-state index in [9.17, 15) is 0 Å². The van der Waals surface area contributed by atoms with Crippen LogP contribution in [-0.4, -0.2) is 19.3 Å². The molecule has 2 heterocycles. The Hall–Kier alpha value is -2.61. The molecule has 106 valence electrons. The van der Waals surface area contributed by atoms with Crippen molar-refractivity contribution in [2.45, 2.75) is 26.8 Å². The van der Waals surface area contributed by atoms with Gasteiger partial charge in [-0.25, -0.2) is 4.98 Å². The van der Waals surface area contributed by atoms with Crippen molar-refractivity contribution in [2.24, 2.45) is 7.05 Å². The highest BCUT2D eigenvalue weighted by Crippen LogP contribution is 2.29. The number of hydrogen-bond donors (Lipinski definition) is 0. The first-order valence-electron chi connectivity index (χ1n) is 6.94. The molecule has 0 unspecified atom stereocenters. The number of benzene rings is 1. The maximum atomic E-state index is 9.05. The van der Waals surface area contributed by atoms with Crippen molar-refractivity contribution >= 4 is 11.0 Å². The van der Waals surface area contributed by atoms with Gasteiger partial charge in [0.25, 0.3) is 0 Å². The topological polar surface area (TPSA) is 59.4 Å². The molecule has 0 amide bonds. The number of rotatable bonds is 2. The molecule has 5 heteroatoms. The lowest BCUT2D eigenvalue weighted by atomic mass is 10.2. The van der Waals surface area contributed by atoms with E-state index in [1.807, 2.05) is 42.9 Å². The van der Waals surface area contributed by atoms with Crippen molar-refractivity contribution in [1.82, 2.24) is 19.3 Å². The monoisotopic (exact) mass is 279 g/mol. The van der Waals surface area contributed by atoms with E-state index in [0.29, 0.717) is 5.56 Å². The van der Waals surface area contributed by atoms with Crippen LogP contribution in [0, 0.1) is 18.3 Å². The van der Waals surface area contributed by atoms with E-state index in [2.05, 4.69) is 29.6 Å². The smallest absolute Gasteiger partial charge is 0.159 e. The van der Waals surface area contributed by atoms with E-state index in [1.54, 1.807) is 0 Å². The van der Waals surface area contributed by atoms with E-state index < -0.39 is 0 Å². The van der Waals surface area contributed by atoms with E-state index in [1.165, 1.54) is 0 Å². The summed E-state index contributed by atoms with van der Waals surface area (Å²) in [4.78, 5) is 4.74. The van der Waals surface area contributed by atoms with Crippen LogP contribution in [0.25, 0.3) is 22.6 Å². The predicted molar refractivity (Wildman–Crippen MR) is 81.8 cm³/mol. The SMILES string of the molecule is Cc1cc(-c2nc3cc(C#N)ccc3n2C(C)C)n(C)n1. The lowest BCUT2D eigenvalue weighted by Gasteiger charge is -2.13. The second-order valence-corrected chi connectivity index (χ2v) is 5.51. The molecule has 21 heavy (non-hydrogen) atoms. The summed E-state index contributed by atoms with van der Waals surface area (Å²) in [6.45, 7) is 6.23. The van der Waals surface area contributed by atoms with Crippen molar-refractivity contribution in [3.05, 3.63) is 35.5 Å². The molecule has 3 aromatic rings. The fourth-order valence-electron chi connectivity index (χ4n) is 2.69. The maximum Gasteiger partial charge on any atom is 0.159 e. The summed E-state index contributed by atoms with van der Waals surface area (Å²) in [5, 5.41) is 13.5. The average molecular weight is 279 g/mol. The molecule has 0 saturated carbocycles. The number of aryl methyl sites for hydroxylation is 2. The third kappa shape index (κ3) is 2.09. The Kier molecular flexibility index (Phi) is 3.02. The molecule has 0 bridgehead atoms. The molecule has 3 rings (SSSR count). The molecular formula is C16H17N5. The summed E-state index contributed by atoms with van der Waals surface area (Å²) in [5.74, 6) is 0.887. The Bertz CT molecular complexity index is 861. The normalized spacial score (nSPS) is 11.2. The van der Waals surface area contributed by atoms with Crippen LogP contribution in [0.3, 0.4) is 0 Å². The number of aromatic nitrogens is 4. The molecule has 5 nitrogen and oxygen atoms in total. The molecule has 0 spiro atoms. The highest BCUT2D eigenvalue weighted by atomic mass is 15.3. The van der Waals surface area contributed by atoms with Gasteiger partial charge in [-0.2, -0.15) is 10.4 Å². The lowest BCUT2D eigenvalue weighted by molar-refractivity contribution is 0.618. The first kappa shape index (κ1) is 13.4. The third-order valence-electron chi connectivity index (χ3n) is 3.57. The number of imidazole rings is 1. The molecule has 0 atom stereocenters. The zero-order valence-electron chi connectivity index (χ0n) is 12.6. The van der Waals surface area contributed by atoms with Crippen molar-refractivity contribution in [1.29, 1.82) is 5.26 Å². The standard InChI is InChI=1S/C16H17N5/c1-10(2)21-14-6-5-12(9-17)8-13(14)18-16(21)15-7-11(3)19-20(15)4/h5-8,10H,1-4H3. The Morgan fingerprint density at radius 1 is 1.24 bits per heavy atom. The highest BCUT2D eigenvalue weighted by Gasteiger charge is 2.18. The van der Waals surface area contributed by atoms with Crippen LogP contribution < -0.4 is 0 Å². The Morgan fingerprint density at radius 3 is 2.57 bits per heavy atom. The van der Waals surface area contributed by atoms with Gasteiger partial charge in [-0.1, -0.05) is 0 Å². The van der Waals surface area contributed by atoms with Gasteiger partial charge in [-0.15, -0.1) is 0 Å². The van der Waals surface area contributed by atoms with Crippen LogP contribution in [0.2, 0.25) is 0 Å². The van der Waals surface area contributed by atoms with Crippen molar-refractivity contribution < 1.29 is 0 Å². The van der Waals surface area contributed by atoms with Crippen molar-refractivity contribution in [3.8, 4) is 17.6 Å². The second kappa shape index (κ2) is 4.74. The fraction of sp³-hybridized carbons (Fsp3) is 0.312. The van der Waals surface area contributed by atoms with Gasteiger partial charge in [0.2, 0.25) is 0 Å². The van der Waals surface area contributed by atoms with Gasteiger partial charge in [-0.05, 0) is 45.0 Å². The zero-order chi connectivity index (χ0) is 15.1. The van der Waals surface area contributed by atoms with Crippen LogP contribution >= 0.6 is 0 Å². The summed E-state index contributed by atoms with van der Waals surface area (Å²) in [6, 6.07) is 10.1. The van der Waals surface area contributed by atoms with E-state index in [4.69, 9.17) is 10.2 Å². The number of nitrogens with zero attached hydrogens (tertiary/aromatic N) is 5. The summed E-state index contributed by atoms with van der Waals surface area (Å²) in [5.41, 5.74) is 4.46. The third-order valence-corrected chi connectivity index (χ3v) is 3.57. The van der Waals surface area contributed by atoms with Gasteiger partial charge in [0.15, 0.2) is 5.82 Å². The number of hydrogen-bond acceptors (Lipinski definition) is 3. The largest absolute Gasteiger partial charge is 0.320 e. The minimum Gasteiger partial charge on any atom is -0.320 e. The number of nitriles is 1. The Morgan fingerprint density at radius 2 is 2.00 bits per heavy atom. The summed E-state index contributed by atoms with van der Waals surface area (Å²) < 4.78 is 4.04. The quantitative estimate of drug-likeness (QED) is 0.723. The molecule has 0 saturated heterocycles. The van der Waals surface area contributed by atoms with Crippen LogP contribution in [0.4, 0.5) is 0 Å². The minimum absolute atomic E-state index is 0.271. The van der Waals surface area contributed by atoms with Crippen LogP contribution in [0.5, 0.6) is 0 Å². The molecular weight excluding hydrogens is 262 g/mol. The molecule has 0 N–H and O–H groups in total. The summed E-state index contributed by atoms with van der Waals surface area (Å²) in [6.07, 6.45) is 0. The van der Waals surface area contributed by atoms with Crippen molar-refractivity contribution in [3.63, 3.8) is 0 Å². The van der Waals surface area contributed by atoms with Crippen LogP contribution in [-0.2, 0) is 7.05 Å². The van der Waals surface area contributed by atoms with E-state index >= 15 is 0 Å². The van der Waals surface area contributed by atoms with Crippen molar-refractivity contribution in [2.75, 3.05) is 0 Å². The Labute approximate surface area is 123 Å². The molecule has 0 aliphatic rings. The molecule has 2 aromatic heterocycles. The first-order chi connectivity index (χ1) is 10.0. The van der Waals surface area contributed by atoms with Gasteiger partial charge in [0, 0.05) is 13.1 Å². The second-order valence-electron chi connectivity index (χ2n) is 5.51. The van der Waals surface area contributed by atoms with Gasteiger partial charge in [0.1, 0.15) is 5.69 Å². The fourth-order valence-corrected chi connectivity index (χ4v) is 2.69. The zero-order valence-corrected chi connectivity index (χ0v) is 12.6. The van der Waals surface area contributed by atoms with Crippen LogP contribution in [0.1, 0.15) is 31.1 Å². The molecule has 0 fully saturated rings. The van der Waals surface area contributed by atoms with E-state index in [0.717, 1.165) is 28.2 Å². The average Bonchev–Trinajstić information content (AvgIpc) is 2.97. The predicted octanol–water partition coefficient (Wildman–Crippen LogP) is 3.20. The molecule has 0 aliphatic carbocycles. The maximum absolute atomic E-state index is 9.05. The summed E-state index contributed by atoms with van der Waals surface area (Å²) in [7, 11) is 1.92. The first-order valence-corrected chi connectivity index (χ1v) is 6.94. The number of fused-ring (bicyclic) bond motifs is 1. The molecule has 0 radical (unpaired) electrons. The van der Waals surface area contributed by atoms with Gasteiger partial charge in [-0.3, -0.25) is 4.68 Å². The van der Waals surface area contributed by atoms with E-state index in [-0.39, 0.29) is 6.04 Å². The highest BCUT2D eigenvalue weighted by molar-refractivity contribution is 5.81. The molecule has 1 aromatic carbocycles. The van der Waals surface area contributed by atoms with Gasteiger partial charge < -0.3 is 4.57 Å². The minimum atomic E-state index is 0.271. The molecule has 0 aliphatic heterocycles. The van der Waals surface area contributed by atoms with Gasteiger partial charge in [0.05, 0.1) is 28.4 Å². The van der Waals surface area contributed by atoms with Gasteiger partial charge >= 0.3 is 0 Å².